The van der Waals surface area contributed by atoms with Crippen LogP contribution >= 0.6 is 0 Å². The molecule has 1 aromatic carbocycles. The molecule has 0 saturated heterocycles. The van der Waals surface area contributed by atoms with Gasteiger partial charge in [-0.25, -0.2) is 4.39 Å². The Hall–Kier alpha value is -2.18. The Morgan fingerprint density at radius 2 is 2.33 bits per heavy atom. The van der Waals surface area contributed by atoms with Gasteiger partial charge in [-0.3, -0.25) is 14.9 Å². The minimum absolute atomic E-state index is 0.0111. The van der Waals surface area contributed by atoms with Crippen molar-refractivity contribution in [2.75, 3.05) is 13.7 Å². The molecule has 0 fully saturated rings. The highest BCUT2D eigenvalue weighted by Gasteiger charge is 2.33. The molecule has 2 rings (SSSR count). The standard InChI is InChI=1S/C11H11FN2O4/c1-13-11(15)7-2-3-9(12)10-8(7)4-6(5-18-10)14(16)17/h2-3,6H,4-5H2,1H3,(H,13,15). The minimum Gasteiger partial charge on any atom is -0.483 e. The van der Waals surface area contributed by atoms with Gasteiger partial charge in [0.1, 0.15) is 0 Å². The number of nitrogens with one attached hydrogen (secondary N) is 1. The summed E-state index contributed by atoms with van der Waals surface area (Å²) in [7, 11) is 1.44. The molecule has 1 N–H and O–H groups in total. The summed E-state index contributed by atoms with van der Waals surface area (Å²) in [6.45, 7) is -0.186. The van der Waals surface area contributed by atoms with Crippen LogP contribution in [0.5, 0.6) is 5.75 Å². The van der Waals surface area contributed by atoms with Crippen LogP contribution < -0.4 is 10.1 Å². The van der Waals surface area contributed by atoms with Crippen molar-refractivity contribution < 1.29 is 18.8 Å². The van der Waals surface area contributed by atoms with Gasteiger partial charge < -0.3 is 10.1 Å². The lowest BCUT2D eigenvalue weighted by molar-refractivity contribution is -0.525. The molecule has 96 valence electrons. The van der Waals surface area contributed by atoms with Gasteiger partial charge in [0.2, 0.25) is 0 Å². The average molecular weight is 254 g/mol. The van der Waals surface area contributed by atoms with Gasteiger partial charge >= 0.3 is 0 Å². The molecular formula is C11H11FN2O4. The first-order valence-electron chi connectivity index (χ1n) is 5.34. The number of nitrogens with zero attached hydrogens (tertiary/aromatic N) is 1. The number of halogens is 1. The number of nitro groups is 1. The Kier molecular flexibility index (Phi) is 3.14. The van der Waals surface area contributed by atoms with Gasteiger partial charge in [-0.05, 0) is 12.1 Å². The second-order valence-electron chi connectivity index (χ2n) is 3.94. The third-order valence-electron chi connectivity index (χ3n) is 2.84. The van der Waals surface area contributed by atoms with E-state index in [4.69, 9.17) is 4.74 Å². The summed E-state index contributed by atoms with van der Waals surface area (Å²) in [5.74, 6) is -1.09. The zero-order chi connectivity index (χ0) is 13.3. The Bertz CT molecular complexity index is 518. The van der Waals surface area contributed by atoms with Crippen molar-refractivity contribution in [2.45, 2.75) is 12.5 Å². The van der Waals surface area contributed by atoms with Crippen LogP contribution in [0.1, 0.15) is 15.9 Å². The molecule has 6 nitrogen and oxygen atoms in total. The van der Waals surface area contributed by atoms with Crippen molar-refractivity contribution in [3.05, 3.63) is 39.2 Å². The van der Waals surface area contributed by atoms with E-state index < -0.39 is 22.7 Å². The molecule has 0 aromatic heterocycles. The molecule has 0 aliphatic carbocycles. The maximum Gasteiger partial charge on any atom is 0.251 e. The van der Waals surface area contributed by atoms with Crippen LogP contribution in [0.3, 0.4) is 0 Å². The molecule has 0 bridgehead atoms. The quantitative estimate of drug-likeness (QED) is 0.624. The van der Waals surface area contributed by atoms with E-state index in [0.717, 1.165) is 6.07 Å². The van der Waals surface area contributed by atoms with Crippen LogP contribution in [-0.2, 0) is 6.42 Å². The van der Waals surface area contributed by atoms with Crippen molar-refractivity contribution in [1.82, 2.24) is 5.32 Å². The summed E-state index contributed by atoms with van der Waals surface area (Å²) in [6.07, 6.45) is -0.0111. The van der Waals surface area contributed by atoms with Crippen LogP contribution in [0.15, 0.2) is 12.1 Å². The van der Waals surface area contributed by atoms with Crippen molar-refractivity contribution in [1.29, 1.82) is 0 Å². The molecule has 0 radical (unpaired) electrons. The Morgan fingerprint density at radius 3 is 2.94 bits per heavy atom. The summed E-state index contributed by atoms with van der Waals surface area (Å²) in [6, 6.07) is 1.47. The monoisotopic (exact) mass is 254 g/mol. The number of ether oxygens (including phenoxy) is 1. The summed E-state index contributed by atoms with van der Waals surface area (Å²) in [5.41, 5.74) is 0.461. The average Bonchev–Trinajstić information content (AvgIpc) is 2.38. The maximum absolute atomic E-state index is 13.5. The predicted molar refractivity (Wildman–Crippen MR) is 59.8 cm³/mol. The van der Waals surface area contributed by atoms with Crippen LogP contribution in [0.4, 0.5) is 4.39 Å². The normalized spacial score (nSPS) is 17.6. The first-order valence-corrected chi connectivity index (χ1v) is 5.34. The van der Waals surface area contributed by atoms with Crippen molar-refractivity contribution in [3.8, 4) is 5.75 Å². The molecule has 0 spiro atoms. The van der Waals surface area contributed by atoms with E-state index in [1.54, 1.807) is 0 Å². The van der Waals surface area contributed by atoms with E-state index in [9.17, 15) is 19.3 Å². The number of hydrogen-bond acceptors (Lipinski definition) is 4. The fourth-order valence-corrected chi connectivity index (χ4v) is 1.91. The fourth-order valence-electron chi connectivity index (χ4n) is 1.91. The summed E-state index contributed by atoms with van der Waals surface area (Å²) >= 11 is 0. The van der Waals surface area contributed by atoms with Crippen LogP contribution in [0, 0.1) is 15.9 Å². The lowest BCUT2D eigenvalue weighted by Crippen LogP contribution is -2.35. The molecule has 1 aromatic rings. The number of hydrogen-bond donors (Lipinski definition) is 1. The zero-order valence-corrected chi connectivity index (χ0v) is 9.60. The molecule has 7 heteroatoms. The van der Waals surface area contributed by atoms with Crippen molar-refractivity contribution in [2.24, 2.45) is 0 Å². The van der Waals surface area contributed by atoms with Crippen LogP contribution in [0.2, 0.25) is 0 Å². The lowest BCUT2D eigenvalue weighted by Gasteiger charge is -2.22. The van der Waals surface area contributed by atoms with Gasteiger partial charge in [-0.2, -0.15) is 0 Å². The molecule has 1 amide bonds. The van der Waals surface area contributed by atoms with E-state index in [1.165, 1.54) is 13.1 Å². The Balaban J connectivity index is 2.48. The second-order valence-corrected chi connectivity index (χ2v) is 3.94. The van der Waals surface area contributed by atoms with Gasteiger partial charge in [0.15, 0.2) is 18.2 Å². The fraction of sp³-hybridized carbons (Fsp3) is 0.364. The molecular weight excluding hydrogens is 243 g/mol. The van der Waals surface area contributed by atoms with Gasteiger partial charge in [-0.1, -0.05) is 0 Å². The highest BCUT2D eigenvalue weighted by atomic mass is 19.1. The first-order chi connectivity index (χ1) is 8.54. The van der Waals surface area contributed by atoms with E-state index in [1.807, 2.05) is 0 Å². The van der Waals surface area contributed by atoms with E-state index in [2.05, 4.69) is 5.32 Å². The smallest absolute Gasteiger partial charge is 0.251 e. The number of carbonyl (C=O) groups excluding carboxylic acids is 1. The van der Waals surface area contributed by atoms with Crippen molar-refractivity contribution in [3.63, 3.8) is 0 Å². The SMILES string of the molecule is CNC(=O)c1ccc(F)c2c1CC([N+](=O)[O-])CO2. The highest BCUT2D eigenvalue weighted by molar-refractivity contribution is 5.96. The first kappa shape index (κ1) is 12.3. The summed E-state index contributed by atoms with van der Waals surface area (Å²) in [4.78, 5) is 21.9. The third kappa shape index (κ3) is 1.99. The maximum atomic E-state index is 13.5. The lowest BCUT2D eigenvalue weighted by atomic mass is 9.96. The van der Waals surface area contributed by atoms with E-state index >= 15 is 0 Å². The van der Waals surface area contributed by atoms with Gasteiger partial charge in [0, 0.05) is 29.5 Å². The molecule has 1 unspecified atom stereocenters. The molecule has 18 heavy (non-hydrogen) atoms. The van der Waals surface area contributed by atoms with E-state index in [-0.39, 0.29) is 29.9 Å². The number of amides is 1. The number of rotatable bonds is 2. The van der Waals surface area contributed by atoms with Crippen LogP contribution in [-0.4, -0.2) is 30.5 Å². The molecule has 1 atom stereocenters. The number of benzene rings is 1. The van der Waals surface area contributed by atoms with Crippen molar-refractivity contribution >= 4 is 5.91 Å². The largest absolute Gasteiger partial charge is 0.483 e. The number of carbonyl (C=O) groups is 1. The van der Waals surface area contributed by atoms with Gasteiger partial charge in [0.05, 0.1) is 0 Å². The van der Waals surface area contributed by atoms with Gasteiger partial charge in [0.25, 0.3) is 11.9 Å². The minimum atomic E-state index is -0.956. The molecule has 1 heterocycles. The summed E-state index contributed by atoms with van der Waals surface area (Å²) < 4.78 is 18.6. The van der Waals surface area contributed by atoms with Crippen LogP contribution in [0.25, 0.3) is 0 Å². The predicted octanol–water partition coefficient (Wildman–Crippen LogP) is 0.766. The highest BCUT2D eigenvalue weighted by Crippen LogP contribution is 2.31. The topological polar surface area (TPSA) is 81.5 Å². The molecule has 0 saturated carbocycles. The zero-order valence-electron chi connectivity index (χ0n) is 9.60. The van der Waals surface area contributed by atoms with Gasteiger partial charge in [-0.15, -0.1) is 0 Å². The number of fused-ring (bicyclic) bond motifs is 1. The Labute approximate surface area is 102 Å². The summed E-state index contributed by atoms with van der Waals surface area (Å²) in [5, 5.41) is 13.1. The Morgan fingerprint density at radius 1 is 1.61 bits per heavy atom. The van der Waals surface area contributed by atoms with E-state index in [0.29, 0.717) is 0 Å². The second kappa shape index (κ2) is 4.59. The molecule has 1 aliphatic heterocycles. The third-order valence-corrected chi connectivity index (χ3v) is 2.84. The molecule has 1 aliphatic rings.